The Balaban J connectivity index is 2.19. The fraction of sp³-hybridized carbons (Fsp3) is 0.400. The number of hydrogen-bond acceptors (Lipinski definition) is 4. The minimum atomic E-state index is 0.305. The van der Waals surface area contributed by atoms with Gasteiger partial charge >= 0.3 is 0 Å². The van der Waals surface area contributed by atoms with Gasteiger partial charge in [-0.15, -0.1) is 24.1 Å². The maximum Gasteiger partial charge on any atom is 0.224 e. The molecular formula is C10H10ClN3S. The summed E-state index contributed by atoms with van der Waals surface area (Å²) in [6.45, 7) is 0.719. The Bertz CT molecular complexity index is 414. The highest BCUT2D eigenvalue weighted by molar-refractivity contribution is 7.99. The Hall–Kier alpha value is -0.920. The summed E-state index contributed by atoms with van der Waals surface area (Å²) < 4.78 is 0. The molecule has 1 aromatic heterocycles. The van der Waals surface area contributed by atoms with Gasteiger partial charge in [0.25, 0.3) is 0 Å². The lowest BCUT2D eigenvalue weighted by Gasteiger charge is -2.08. The zero-order valence-electron chi connectivity index (χ0n) is 8.09. The SMILES string of the molecule is C#CCCNc1nc(Cl)nc2c1SCC2. The number of aryl methyl sites for hydroxylation is 1. The van der Waals surface area contributed by atoms with Gasteiger partial charge in [0, 0.05) is 25.1 Å². The van der Waals surface area contributed by atoms with E-state index in [1.54, 1.807) is 11.8 Å². The molecule has 0 atom stereocenters. The fourth-order valence-electron chi connectivity index (χ4n) is 1.41. The zero-order chi connectivity index (χ0) is 10.7. The first-order chi connectivity index (χ1) is 7.31. The predicted octanol–water partition coefficient (Wildman–Crippen LogP) is 2.21. The van der Waals surface area contributed by atoms with Gasteiger partial charge in [0.1, 0.15) is 5.82 Å². The van der Waals surface area contributed by atoms with E-state index >= 15 is 0 Å². The van der Waals surface area contributed by atoms with E-state index in [9.17, 15) is 0 Å². The van der Waals surface area contributed by atoms with Crippen LogP contribution in [0.5, 0.6) is 0 Å². The molecule has 78 valence electrons. The minimum Gasteiger partial charge on any atom is -0.368 e. The van der Waals surface area contributed by atoms with Crippen molar-refractivity contribution >= 4 is 29.2 Å². The Morgan fingerprint density at radius 1 is 1.53 bits per heavy atom. The van der Waals surface area contributed by atoms with Gasteiger partial charge < -0.3 is 5.32 Å². The number of rotatable bonds is 3. The fourth-order valence-corrected chi connectivity index (χ4v) is 2.67. The lowest BCUT2D eigenvalue weighted by molar-refractivity contribution is 0.959. The quantitative estimate of drug-likeness (QED) is 0.499. The minimum absolute atomic E-state index is 0.305. The van der Waals surface area contributed by atoms with Gasteiger partial charge in [0.15, 0.2) is 0 Å². The average molecular weight is 240 g/mol. The molecule has 1 aliphatic heterocycles. The van der Waals surface area contributed by atoms with Crippen molar-refractivity contribution < 1.29 is 0 Å². The molecule has 0 aliphatic carbocycles. The lowest BCUT2D eigenvalue weighted by atomic mass is 10.3. The van der Waals surface area contributed by atoms with Crippen LogP contribution in [0.4, 0.5) is 5.82 Å². The molecule has 0 spiro atoms. The molecule has 0 saturated carbocycles. The summed E-state index contributed by atoms with van der Waals surface area (Å²) in [6.07, 6.45) is 6.83. The molecule has 3 nitrogen and oxygen atoms in total. The topological polar surface area (TPSA) is 37.8 Å². The van der Waals surface area contributed by atoms with Crippen molar-refractivity contribution in [3.8, 4) is 12.3 Å². The molecule has 2 rings (SSSR count). The molecule has 0 unspecified atom stereocenters. The van der Waals surface area contributed by atoms with Crippen LogP contribution in [0.1, 0.15) is 12.1 Å². The molecule has 0 amide bonds. The van der Waals surface area contributed by atoms with Crippen molar-refractivity contribution in [1.82, 2.24) is 9.97 Å². The molecule has 2 heterocycles. The number of fused-ring (bicyclic) bond motifs is 1. The molecule has 5 heteroatoms. The maximum atomic E-state index is 5.83. The normalized spacial score (nSPS) is 13.3. The Kier molecular flexibility index (Phi) is 3.34. The van der Waals surface area contributed by atoms with Crippen LogP contribution in [0.3, 0.4) is 0 Å². The van der Waals surface area contributed by atoms with Crippen molar-refractivity contribution in [2.24, 2.45) is 0 Å². The summed E-state index contributed by atoms with van der Waals surface area (Å²) in [4.78, 5) is 9.49. The smallest absolute Gasteiger partial charge is 0.224 e. The monoisotopic (exact) mass is 239 g/mol. The first-order valence-electron chi connectivity index (χ1n) is 4.68. The van der Waals surface area contributed by atoms with E-state index < -0.39 is 0 Å². The van der Waals surface area contributed by atoms with Crippen molar-refractivity contribution in [3.05, 3.63) is 11.0 Å². The van der Waals surface area contributed by atoms with Gasteiger partial charge in [-0.3, -0.25) is 0 Å². The van der Waals surface area contributed by atoms with Crippen molar-refractivity contribution in [1.29, 1.82) is 0 Å². The van der Waals surface area contributed by atoms with Crippen LogP contribution in [0.15, 0.2) is 4.90 Å². The molecule has 0 saturated heterocycles. The molecule has 0 bridgehead atoms. The van der Waals surface area contributed by atoms with E-state index in [4.69, 9.17) is 18.0 Å². The summed E-state index contributed by atoms with van der Waals surface area (Å²) in [5, 5.41) is 3.49. The molecule has 1 N–H and O–H groups in total. The number of aromatic nitrogens is 2. The molecule has 1 aliphatic rings. The molecule has 1 aromatic rings. The molecule has 0 aromatic carbocycles. The highest BCUT2D eigenvalue weighted by atomic mass is 35.5. The first kappa shape index (κ1) is 10.6. The Morgan fingerprint density at radius 3 is 3.20 bits per heavy atom. The second kappa shape index (κ2) is 4.73. The highest BCUT2D eigenvalue weighted by Gasteiger charge is 2.19. The van der Waals surface area contributed by atoms with Crippen LogP contribution in [0.2, 0.25) is 5.28 Å². The second-order valence-corrected chi connectivity index (χ2v) is 4.54. The molecule has 0 fully saturated rings. The van der Waals surface area contributed by atoms with Gasteiger partial charge in [-0.1, -0.05) is 0 Å². The first-order valence-corrected chi connectivity index (χ1v) is 6.04. The number of halogens is 1. The maximum absolute atomic E-state index is 5.83. The van der Waals surface area contributed by atoms with Gasteiger partial charge in [0.2, 0.25) is 5.28 Å². The second-order valence-electron chi connectivity index (χ2n) is 3.10. The van der Waals surface area contributed by atoms with Gasteiger partial charge in [-0.05, 0) is 11.6 Å². The van der Waals surface area contributed by atoms with Crippen molar-refractivity contribution in [2.75, 3.05) is 17.6 Å². The predicted molar refractivity (Wildman–Crippen MR) is 63.4 cm³/mol. The van der Waals surface area contributed by atoms with Gasteiger partial charge in [-0.25, -0.2) is 4.98 Å². The Labute approximate surface area is 98.0 Å². The van der Waals surface area contributed by atoms with Crippen LogP contribution in [-0.2, 0) is 6.42 Å². The summed E-state index contributed by atoms with van der Waals surface area (Å²) in [6, 6.07) is 0. The number of thioether (sulfide) groups is 1. The third-order valence-corrected chi connectivity index (χ3v) is 3.35. The van der Waals surface area contributed by atoms with Crippen molar-refractivity contribution in [2.45, 2.75) is 17.7 Å². The summed E-state index contributed by atoms with van der Waals surface area (Å²) in [7, 11) is 0. The van der Waals surface area contributed by atoms with E-state index in [1.165, 1.54) is 0 Å². The summed E-state index contributed by atoms with van der Waals surface area (Å²) in [5.41, 5.74) is 1.04. The van der Waals surface area contributed by atoms with Crippen LogP contribution >= 0.6 is 23.4 Å². The third kappa shape index (κ3) is 2.36. The lowest BCUT2D eigenvalue weighted by Crippen LogP contribution is -2.05. The Morgan fingerprint density at radius 2 is 2.40 bits per heavy atom. The number of nitrogens with one attached hydrogen (secondary N) is 1. The number of anilines is 1. The van der Waals surface area contributed by atoms with E-state index in [0.29, 0.717) is 11.7 Å². The van der Waals surface area contributed by atoms with E-state index in [1.807, 2.05) is 0 Å². The van der Waals surface area contributed by atoms with Crippen molar-refractivity contribution in [3.63, 3.8) is 0 Å². The largest absolute Gasteiger partial charge is 0.368 e. The van der Waals surface area contributed by atoms with Gasteiger partial charge in [-0.2, -0.15) is 4.98 Å². The van der Waals surface area contributed by atoms with E-state index in [2.05, 4.69) is 21.2 Å². The molecule has 0 radical (unpaired) electrons. The molecular weight excluding hydrogens is 230 g/mol. The third-order valence-electron chi connectivity index (χ3n) is 2.06. The number of hydrogen-bond donors (Lipinski definition) is 1. The van der Waals surface area contributed by atoms with Crippen LogP contribution < -0.4 is 5.32 Å². The standard InChI is InChI=1S/C10H10ClN3S/c1-2-3-5-12-9-8-7(4-6-15-8)13-10(11)14-9/h1H,3-6H2,(H,12,13,14). The highest BCUT2D eigenvalue weighted by Crippen LogP contribution is 2.35. The average Bonchev–Trinajstić information content (AvgIpc) is 2.65. The van der Waals surface area contributed by atoms with Crippen LogP contribution in [-0.4, -0.2) is 22.3 Å². The van der Waals surface area contributed by atoms with E-state index in [0.717, 1.165) is 35.1 Å². The molecule has 15 heavy (non-hydrogen) atoms. The van der Waals surface area contributed by atoms with E-state index in [-0.39, 0.29) is 0 Å². The number of nitrogens with zero attached hydrogens (tertiary/aromatic N) is 2. The zero-order valence-corrected chi connectivity index (χ0v) is 9.66. The van der Waals surface area contributed by atoms with Crippen LogP contribution in [0, 0.1) is 12.3 Å². The van der Waals surface area contributed by atoms with Crippen LogP contribution in [0.25, 0.3) is 0 Å². The summed E-state index contributed by atoms with van der Waals surface area (Å²) >= 11 is 7.59. The van der Waals surface area contributed by atoms with Gasteiger partial charge in [0.05, 0.1) is 10.6 Å². The summed E-state index contributed by atoms with van der Waals surface area (Å²) in [5.74, 6) is 4.45. The number of terminal acetylenes is 1.